The second kappa shape index (κ2) is 5.84. The van der Waals surface area contributed by atoms with E-state index in [0.29, 0.717) is 11.7 Å². The number of hydrogen-bond acceptors (Lipinski definition) is 4. The Hall–Kier alpha value is -1.59. The van der Waals surface area contributed by atoms with Gasteiger partial charge in [-0.15, -0.1) is 0 Å². The average Bonchev–Trinajstić information content (AvgIpc) is 2.36. The Bertz CT molecular complexity index is 582. The monoisotopic (exact) mass is 261 g/mol. The van der Waals surface area contributed by atoms with Crippen LogP contribution >= 0.6 is 11.8 Å². The summed E-state index contributed by atoms with van der Waals surface area (Å²) in [6.07, 6.45) is 1.50. The van der Waals surface area contributed by atoms with Crippen molar-refractivity contribution in [3.63, 3.8) is 0 Å². The molecule has 0 fully saturated rings. The summed E-state index contributed by atoms with van der Waals surface area (Å²) in [6.45, 7) is 2.54. The van der Waals surface area contributed by atoms with Crippen LogP contribution in [0.1, 0.15) is 16.4 Å². The molecule has 1 aromatic carbocycles. The van der Waals surface area contributed by atoms with Crippen molar-refractivity contribution in [2.45, 2.75) is 17.3 Å². The number of aromatic nitrogens is 2. The van der Waals surface area contributed by atoms with Gasteiger partial charge in [0.2, 0.25) is 0 Å². The van der Waals surface area contributed by atoms with Gasteiger partial charge in [0.15, 0.2) is 5.16 Å². The van der Waals surface area contributed by atoms with E-state index in [1.165, 1.54) is 29.6 Å². The first-order chi connectivity index (χ1) is 8.69. The third kappa shape index (κ3) is 3.21. The Labute approximate surface area is 110 Å². The lowest BCUT2D eigenvalue weighted by atomic mass is 10.1. The van der Waals surface area contributed by atoms with Crippen molar-refractivity contribution in [3.05, 3.63) is 58.0 Å². The molecule has 0 aliphatic rings. The van der Waals surface area contributed by atoms with Gasteiger partial charge in [-0.2, -0.15) is 0 Å². The summed E-state index contributed by atoms with van der Waals surface area (Å²) in [5.74, 6) is 0. The molecule has 0 amide bonds. The Balaban J connectivity index is 2.22. The number of thioether (sulfide) groups is 1. The van der Waals surface area contributed by atoms with Gasteiger partial charge in [-0.25, -0.2) is 4.98 Å². The molecule has 1 unspecified atom stereocenters. The van der Waals surface area contributed by atoms with Crippen molar-refractivity contribution >= 4 is 11.8 Å². The quantitative estimate of drug-likeness (QED) is 0.651. The SMILES string of the molecule is Cc1cccc(C(CN)Sc2nccc(=O)[nH]2)c1. The Morgan fingerprint density at radius 2 is 2.28 bits per heavy atom. The predicted molar refractivity (Wildman–Crippen MR) is 73.7 cm³/mol. The molecule has 1 heterocycles. The third-order valence-corrected chi connectivity index (χ3v) is 3.71. The zero-order valence-electron chi connectivity index (χ0n) is 10.1. The van der Waals surface area contributed by atoms with Crippen LogP contribution in [-0.4, -0.2) is 16.5 Å². The Kier molecular flexibility index (Phi) is 4.17. The van der Waals surface area contributed by atoms with Crippen LogP contribution in [0.15, 0.2) is 46.5 Å². The van der Waals surface area contributed by atoms with Crippen molar-refractivity contribution < 1.29 is 0 Å². The Morgan fingerprint density at radius 1 is 1.44 bits per heavy atom. The first-order valence-corrected chi connectivity index (χ1v) is 6.55. The molecule has 0 saturated heterocycles. The van der Waals surface area contributed by atoms with Gasteiger partial charge in [0.05, 0.1) is 0 Å². The van der Waals surface area contributed by atoms with Gasteiger partial charge in [0.1, 0.15) is 0 Å². The van der Waals surface area contributed by atoms with Gasteiger partial charge < -0.3 is 10.7 Å². The highest BCUT2D eigenvalue weighted by molar-refractivity contribution is 7.99. The fraction of sp³-hybridized carbons (Fsp3) is 0.231. The van der Waals surface area contributed by atoms with Crippen molar-refractivity contribution in [2.75, 3.05) is 6.54 Å². The van der Waals surface area contributed by atoms with Crippen LogP contribution in [-0.2, 0) is 0 Å². The number of aromatic amines is 1. The number of benzene rings is 1. The van der Waals surface area contributed by atoms with Gasteiger partial charge in [0.25, 0.3) is 5.56 Å². The van der Waals surface area contributed by atoms with E-state index in [0.717, 1.165) is 5.56 Å². The second-order valence-electron chi connectivity index (χ2n) is 4.00. The molecule has 4 nitrogen and oxygen atoms in total. The molecule has 2 rings (SSSR count). The number of nitrogens with zero attached hydrogens (tertiary/aromatic N) is 1. The molecular formula is C13H15N3OS. The summed E-state index contributed by atoms with van der Waals surface area (Å²) in [6, 6.07) is 9.60. The van der Waals surface area contributed by atoms with Gasteiger partial charge in [-0.05, 0) is 12.5 Å². The molecular weight excluding hydrogens is 246 g/mol. The highest BCUT2D eigenvalue weighted by Crippen LogP contribution is 2.31. The molecule has 1 aromatic heterocycles. The molecule has 18 heavy (non-hydrogen) atoms. The maximum absolute atomic E-state index is 11.2. The van der Waals surface area contributed by atoms with Crippen molar-refractivity contribution in [1.29, 1.82) is 0 Å². The van der Waals surface area contributed by atoms with Gasteiger partial charge in [-0.1, -0.05) is 41.6 Å². The minimum atomic E-state index is -0.146. The maximum Gasteiger partial charge on any atom is 0.251 e. The maximum atomic E-state index is 11.2. The van der Waals surface area contributed by atoms with E-state index in [1.807, 2.05) is 25.1 Å². The highest BCUT2D eigenvalue weighted by Gasteiger charge is 2.12. The van der Waals surface area contributed by atoms with Crippen LogP contribution in [0.5, 0.6) is 0 Å². The molecule has 2 aromatic rings. The standard InChI is InChI=1S/C13H15N3OS/c1-9-3-2-4-10(7-9)11(8-14)18-13-15-6-5-12(17)16-13/h2-7,11H,8,14H2,1H3,(H,15,16,17). The molecule has 0 bridgehead atoms. The first-order valence-electron chi connectivity index (χ1n) is 5.67. The number of nitrogens with two attached hydrogens (primary N) is 1. The normalized spacial score (nSPS) is 12.3. The number of aryl methyl sites for hydroxylation is 1. The van der Waals surface area contributed by atoms with E-state index < -0.39 is 0 Å². The largest absolute Gasteiger partial charge is 0.329 e. The predicted octanol–water partition coefficient (Wildman–Crippen LogP) is 1.87. The van der Waals surface area contributed by atoms with Gasteiger partial charge >= 0.3 is 0 Å². The minimum Gasteiger partial charge on any atom is -0.329 e. The molecule has 3 N–H and O–H groups in total. The van der Waals surface area contributed by atoms with Crippen molar-refractivity contribution in [1.82, 2.24) is 9.97 Å². The zero-order valence-corrected chi connectivity index (χ0v) is 10.9. The van der Waals surface area contributed by atoms with Crippen LogP contribution in [0, 0.1) is 6.92 Å². The van der Waals surface area contributed by atoms with E-state index in [-0.39, 0.29) is 10.8 Å². The third-order valence-electron chi connectivity index (χ3n) is 2.53. The summed E-state index contributed by atoms with van der Waals surface area (Å²) >= 11 is 1.47. The van der Waals surface area contributed by atoms with E-state index in [1.54, 1.807) is 0 Å². The smallest absolute Gasteiger partial charge is 0.251 e. The molecule has 5 heteroatoms. The fourth-order valence-corrected chi connectivity index (χ4v) is 2.60. The molecule has 0 spiro atoms. The van der Waals surface area contributed by atoms with E-state index >= 15 is 0 Å². The topological polar surface area (TPSA) is 71.8 Å². The van der Waals surface area contributed by atoms with Crippen LogP contribution in [0.3, 0.4) is 0 Å². The highest BCUT2D eigenvalue weighted by atomic mass is 32.2. The molecule has 0 radical (unpaired) electrons. The lowest BCUT2D eigenvalue weighted by molar-refractivity contribution is 0.896. The molecule has 0 aliphatic heterocycles. The Morgan fingerprint density at radius 3 is 2.94 bits per heavy atom. The van der Waals surface area contributed by atoms with Crippen molar-refractivity contribution in [2.24, 2.45) is 5.73 Å². The number of nitrogens with one attached hydrogen (secondary N) is 1. The summed E-state index contributed by atoms with van der Waals surface area (Å²) in [7, 11) is 0. The van der Waals surface area contributed by atoms with Gasteiger partial charge in [0, 0.05) is 24.1 Å². The lowest BCUT2D eigenvalue weighted by Gasteiger charge is -2.14. The van der Waals surface area contributed by atoms with Crippen LogP contribution in [0.2, 0.25) is 0 Å². The minimum absolute atomic E-state index is 0.0930. The molecule has 0 saturated carbocycles. The summed E-state index contributed by atoms with van der Waals surface area (Å²) < 4.78 is 0. The first kappa shape index (κ1) is 12.9. The molecule has 94 valence electrons. The summed E-state index contributed by atoms with van der Waals surface area (Å²) in [4.78, 5) is 18.0. The summed E-state index contributed by atoms with van der Waals surface area (Å²) in [5, 5.41) is 0.690. The zero-order chi connectivity index (χ0) is 13.0. The van der Waals surface area contributed by atoms with E-state index in [2.05, 4.69) is 16.0 Å². The summed E-state index contributed by atoms with van der Waals surface area (Å²) in [5.41, 5.74) is 8.00. The second-order valence-corrected chi connectivity index (χ2v) is 5.19. The molecule has 0 aliphatic carbocycles. The number of H-pyrrole nitrogens is 1. The fourth-order valence-electron chi connectivity index (χ4n) is 1.67. The van der Waals surface area contributed by atoms with Crippen LogP contribution in [0.25, 0.3) is 0 Å². The number of hydrogen-bond donors (Lipinski definition) is 2. The molecule has 1 atom stereocenters. The number of rotatable bonds is 4. The van der Waals surface area contributed by atoms with E-state index in [9.17, 15) is 4.79 Å². The van der Waals surface area contributed by atoms with Crippen LogP contribution < -0.4 is 11.3 Å². The van der Waals surface area contributed by atoms with Crippen molar-refractivity contribution in [3.8, 4) is 0 Å². The van der Waals surface area contributed by atoms with Gasteiger partial charge in [-0.3, -0.25) is 4.79 Å². The average molecular weight is 261 g/mol. The van der Waals surface area contributed by atoms with E-state index in [4.69, 9.17) is 5.73 Å². The van der Waals surface area contributed by atoms with Crippen LogP contribution in [0.4, 0.5) is 0 Å². The lowest BCUT2D eigenvalue weighted by Crippen LogP contribution is -2.12.